The van der Waals surface area contributed by atoms with Crippen LogP contribution in [0.5, 0.6) is 0 Å². The highest BCUT2D eigenvalue weighted by molar-refractivity contribution is 7.99. The average molecular weight is 295 g/mol. The Kier molecular flexibility index (Phi) is 5.77. The zero-order chi connectivity index (χ0) is 13.5. The van der Waals surface area contributed by atoms with Crippen LogP contribution >= 0.6 is 23.1 Å². The summed E-state index contributed by atoms with van der Waals surface area (Å²) in [4.78, 5) is 12.8. The number of amides is 1. The van der Waals surface area contributed by atoms with E-state index in [0.717, 1.165) is 11.4 Å². The van der Waals surface area contributed by atoms with Crippen molar-refractivity contribution in [1.82, 2.24) is 5.32 Å². The van der Waals surface area contributed by atoms with Crippen molar-refractivity contribution >= 4 is 29.0 Å². The van der Waals surface area contributed by atoms with Crippen molar-refractivity contribution < 1.29 is 9.90 Å². The fourth-order valence-electron chi connectivity index (χ4n) is 1.94. The summed E-state index contributed by atoms with van der Waals surface area (Å²) >= 11 is 3.42. The van der Waals surface area contributed by atoms with Gasteiger partial charge in [0.05, 0.1) is 10.4 Å². The third-order valence-corrected chi connectivity index (χ3v) is 4.94. The van der Waals surface area contributed by atoms with Crippen LogP contribution in [0.4, 0.5) is 0 Å². The van der Waals surface area contributed by atoms with Gasteiger partial charge in [0.15, 0.2) is 0 Å². The van der Waals surface area contributed by atoms with E-state index >= 15 is 0 Å². The molecule has 0 radical (unpaired) electrons. The summed E-state index contributed by atoms with van der Waals surface area (Å²) in [5, 5.41) is 13.4. The average Bonchev–Trinajstić information content (AvgIpc) is 2.92. The minimum absolute atomic E-state index is 0.0217. The molecule has 1 aliphatic rings. The van der Waals surface area contributed by atoms with Crippen molar-refractivity contribution in [2.75, 3.05) is 24.7 Å². The van der Waals surface area contributed by atoms with Gasteiger partial charge in [-0.2, -0.15) is 11.8 Å². The van der Waals surface area contributed by atoms with Crippen LogP contribution in [0.2, 0.25) is 0 Å². The number of aliphatic hydroxyl groups is 1. The summed E-state index contributed by atoms with van der Waals surface area (Å²) in [5.41, 5.74) is 0.664. The SMILES string of the molecule is O=C(NCC1CCSCC1)c1csc(C#CCO)c1. The highest BCUT2D eigenvalue weighted by atomic mass is 32.2. The van der Waals surface area contributed by atoms with Crippen LogP contribution in [-0.4, -0.2) is 35.7 Å². The Balaban J connectivity index is 1.83. The first-order chi connectivity index (χ1) is 9.29. The van der Waals surface area contributed by atoms with Gasteiger partial charge in [-0.25, -0.2) is 0 Å². The van der Waals surface area contributed by atoms with Gasteiger partial charge >= 0.3 is 0 Å². The molecule has 1 aliphatic heterocycles. The Morgan fingerprint density at radius 3 is 3.00 bits per heavy atom. The number of thioether (sulfide) groups is 1. The third kappa shape index (κ3) is 4.57. The Morgan fingerprint density at radius 1 is 1.47 bits per heavy atom. The fraction of sp³-hybridized carbons (Fsp3) is 0.500. The molecule has 1 fully saturated rings. The Hall–Kier alpha value is -0.960. The molecule has 2 rings (SSSR count). The Bertz CT molecular complexity index is 481. The molecule has 0 aliphatic carbocycles. The number of thiophene rings is 1. The highest BCUT2D eigenvalue weighted by Gasteiger charge is 2.15. The summed E-state index contributed by atoms with van der Waals surface area (Å²) in [6.07, 6.45) is 2.39. The second-order valence-corrected chi connectivity index (χ2v) is 6.56. The lowest BCUT2D eigenvalue weighted by atomic mass is 10.0. The molecule has 2 N–H and O–H groups in total. The van der Waals surface area contributed by atoms with Crippen molar-refractivity contribution in [3.63, 3.8) is 0 Å². The molecule has 1 amide bonds. The monoisotopic (exact) mass is 295 g/mol. The van der Waals surface area contributed by atoms with Crippen LogP contribution in [0.25, 0.3) is 0 Å². The Morgan fingerprint density at radius 2 is 2.26 bits per heavy atom. The molecular weight excluding hydrogens is 278 g/mol. The van der Waals surface area contributed by atoms with Gasteiger partial charge in [0.1, 0.15) is 6.61 Å². The molecule has 0 saturated carbocycles. The molecule has 0 aromatic carbocycles. The maximum atomic E-state index is 12.0. The first-order valence-electron chi connectivity index (χ1n) is 6.34. The van der Waals surface area contributed by atoms with Crippen LogP contribution < -0.4 is 5.32 Å². The van der Waals surface area contributed by atoms with Gasteiger partial charge in [-0.15, -0.1) is 11.3 Å². The standard InChI is InChI=1S/C14H17NO2S2/c16-5-1-2-13-8-12(10-19-13)14(17)15-9-11-3-6-18-7-4-11/h8,10-11,16H,3-7,9H2,(H,15,17). The summed E-state index contributed by atoms with van der Waals surface area (Å²) < 4.78 is 0. The third-order valence-electron chi connectivity index (χ3n) is 3.04. The van der Waals surface area contributed by atoms with Crippen LogP contribution in [0.3, 0.4) is 0 Å². The molecule has 1 saturated heterocycles. The van der Waals surface area contributed by atoms with Gasteiger partial charge in [0, 0.05) is 11.9 Å². The van der Waals surface area contributed by atoms with E-state index in [9.17, 15) is 4.79 Å². The second-order valence-electron chi connectivity index (χ2n) is 4.43. The van der Waals surface area contributed by atoms with Crippen molar-refractivity contribution in [1.29, 1.82) is 0 Å². The van der Waals surface area contributed by atoms with Crippen molar-refractivity contribution in [3.8, 4) is 11.8 Å². The van der Waals surface area contributed by atoms with Crippen LogP contribution in [0, 0.1) is 17.8 Å². The van der Waals surface area contributed by atoms with Crippen molar-refractivity contribution in [2.24, 2.45) is 5.92 Å². The van der Waals surface area contributed by atoms with E-state index in [1.807, 2.05) is 17.1 Å². The Labute approximate surface area is 121 Å². The minimum atomic E-state index is -0.154. The summed E-state index contributed by atoms with van der Waals surface area (Å²) in [6, 6.07) is 1.78. The number of hydrogen-bond donors (Lipinski definition) is 2. The highest BCUT2D eigenvalue weighted by Crippen LogP contribution is 2.22. The molecule has 5 heteroatoms. The van der Waals surface area contributed by atoms with E-state index in [4.69, 9.17) is 5.11 Å². The topological polar surface area (TPSA) is 49.3 Å². The molecule has 1 aromatic heterocycles. The lowest BCUT2D eigenvalue weighted by Gasteiger charge is -2.21. The van der Waals surface area contributed by atoms with Crippen molar-refractivity contribution in [3.05, 3.63) is 21.9 Å². The normalized spacial score (nSPS) is 15.6. The molecule has 0 spiro atoms. The quantitative estimate of drug-likeness (QED) is 0.838. The van der Waals surface area contributed by atoms with Gasteiger partial charge in [-0.3, -0.25) is 4.79 Å². The molecule has 3 nitrogen and oxygen atoms in total. The zero-order valence-electron chi connectivity index (χ0n) is 10.6. The maximum Gasteiger partial charge on any atom is 0.252 e. The zero-order valence-corrected chi connectivity index (χ0v) is 12.3. The second kappa shape index (κ2) is 7.59. The maximum absolute atomic E-state index is 12.0. The lowest BCUT2D eigenvalue weighted by Crippen LogP contribution is -2.30. The fourth-order valence-corrected chi connectivity index (χ4v) is 3.90. The number of nitrogens with one attached hydrogen (secondary N) is 1. The molecular formula is C14H17NO2S2. The van der Waals surface area contributed by atoms with Gasteiger partial charge in [0.2, 0.25) is 0 Å². The summed E-state index contributed by atoms with van der Waals surface area (Å²) in [6.45, 7) is 0.617. The molecule has 0 bridgehead atoms. The van der Waals surface area contributed by atoms with E-state index in [1.54, 1.807) is 6.07 Å². The van der Waals surface area contributed by atoms with Crippen molar-refractivity contribution in [2.45, 2.75) is 12.8 Å². The molecule has 2 heterocycles. The predicted molar refractivity (Wildman–Crippen MR) is 80.7 cm³/mol. The number of hydrogen-bond acceptors (Lipinski definition) is 4. The summed E-state index contributed by atoms with van der Waals surface area (Å²) in [7, 11) is 0. The number of rotatable bonds is 3. The van der Waals surface area contributed by atoms with E-state index in [2.05, 4.69) is 17.2 Å². The molecule has 1 aromatic rings. The van der Waals surface area contributed by atoms with Crippen LogP contribution in [0.1, 0.15) is 28.1 Å². The smallest absolute Gasteiger partial charge is 0.252 e. The van der Waals surface area contributed by atoms with E-state index in [1.165, 1.54) is 35.7 Å². The van der Waals surface area contributed by atoms with Gasteiger partial charge in [0.25, 0.3) is 5.91 Å². The predicted octanol–water partition coefficient (Wildman–Crippen LogP) is 1.96. The molecule has 19 heavy (non-hydrogen) atoms. The number of carbonyl (C=O) groups excluding carboxylic acids is 1. The number of carbonyl (C=O) groups is 1. The molecule has 0 unspecified atom stereocenters. The summed E-state index contributed by atoms with van der Waals surface area (Å²) in [5.74, 6) is 8.41. The lowest BCUT2D eigenvalue weighted by molar-refractivity contribution is 0.0947. The van der Waals surface area contributed by atoms with E-state index < -0.39 is 0 Å². The van der Waals surface area contributed by atoms with Gasteiger partial charge in [-0.1, -0.05) is 11.8 Å². The van der Waals surface area contributed by atoms with E-state index in [0.29, 0.717) is 11.5 Å². The number of aliphatic hydroxyl groups excluding tert-OH is 1. The van der Waals surface area contributed by atoms with E-state index in [-0.39, 0.29) is 12.5 Å². The first-order valence-corrected chi connectivity index (χ1v) is 8.37. The molecule has 0 atom stereocenters. The first kappa shape index (κ1) is 14.4. The minimum Gasteiger partial charge on any atom is -0.384 e. The van der Waals surface area contributed by atoms with Crippen LogP contribution in [0.15, 0.2) is 11.4 Å². The van der Waals surface area contributed by atoms with Gasteiger partial charge < -0.3 is 10.4 Å². The largest absolute Gasteiger partial charge is 0.384 e. The van der Waals surface area contributed by atoms with Gasteiger partial charge in [-0.05, 0) is 36.3 Å². The molecule has 102 valence electrons. The van der Waals surface area contributed by atoms with Crippen LogP contribution in [-0.2, 0) is 0 Å².